The molecule has 0 aromatic heterocycles. The number of nitrogens with one attached hydrogen (secondary N) is 2. The van der Waals surface area contributed by atoms with Crippen molar-refractivity contribution in [3.8, 4) is 0 Å². The Labute approximate surface area is 166 Å². The van der Waals surface area contributed by atoms with Crippen molar-refractivity contribution in [2.24, 2.45) is 11.8 Å². The van der Waals surface area contributed by atoms with Crippen molar-refractivity contribution < 1.29 is 14.4 Å². The van der Waals surface area contributed by atoms with Crippen molar-refractivity contribution in [3.63, 3.8) is 0 Å². The van der Waals surface area contributed by atoms with Gasteiger partial charge in [-0.25, -0.2) is 0 Å². The van der Waals surface area contributed by atoms with Gasteiger partial charge in [0.2, 0.25) is 11.8 Å². The van der Waals surface area contributed by atoms with Gasteiger partial charge in [0.25, 0.3) is 5.91 Å². The summed E-state index contributed by atoms with van der Waals surface area (Å²) >= 11 is 0. The van der Waals surface area contributed by atoms with E-state index in [0.29, 0.717) is 18.7 Å². The molecule has 1 atom stereocenters. The molecule has 1 saturated heterocycles. The summed E-state index contributed by atoms with van der Waals surface area (Å²) in [5, 5.41) is 6.03. The third-order valence-electron chi connectivity index (χ3n) is 6.06. The molecule has 2 saturated carbocycles. The van der Waals surface area contributed by atoms with Crippen LogP contribution in [-0.2, 0) is 9.59 Å². The van der Waals surface area contributed by atoms with Gasteiger partial charge in [-0.05, 0) is 63.5 Å². The Bertz CT molecular complexity index is 745. The Morgan fingerprint density at radius 1 is 0.964 bits per heavy atom. The number of aryl methyl sites for hydroxylation is 1. The van der Waals surface area contributed by atoms with E-state index >= 15 is 0 Å². The second-order valence-corrected chi connectivity index (χ2v) is 8.54. The van der Waals surface area contributed by atoms with Crippen molar-refractivity contribution >= 4 is 17.7 Å². The average molecular weight is 383 g/mol. The van der Waals surface area contributed by atoms with Gasteiger partial charge >= 0.3 is 0 Å². The number of hydrogen-bond donors (Lipinski definition) is 2. The fourth-order valence-electron chi connectivity index (χ4n) is 3.89. The maximum Gasteiger partial charge on any atom is 0.251 e. The Morgan fingerprint density at radius 3 is 2.18 bits per heavy atom. The van der Waals surface area contributed by atoms with Crippen LogP contribution in [0.2, 0.25) is 0 Å². The molecule has 6 heteroatoms. The van der Waals surface area contributed by atoms with Gasteiger partial charge in [0, 0.05) is 30.6 Å². The smallest absolute Gasteiger partial charge is 0.251 e. The fraction of sp³-hybridized carbons (Fsp3) is 0.591. The fourth-order valence-corrected chi connectivity index (χ4v) is 3.89. The first-order valence-corrected chi connectivity index (χ1v) is 10.5. The van der Waals surface area contributed by atoms with Gasteiger partial charge < -0.3 is 15.5 Å². The van der Waals surface area contributed by atoms with Crippen LogP contribution in [0.4, 0.5) is 0 Å². The minimum atomic E-state index is -0.549. The summed E-state index contributed by atoms with van der Waals surface area (Å²) in [7, 11) is 0. The molecule has 2 aliphatic carbocycles. The lowest BCUT2D eigenvalue weighted by atomic mass is 9.88. The van der Waals surface area contributed by atoms with E-state index in [0.717, 1.165) is 44.1 Å². The predicted octanol–water partition coefficient (Wildman–Crippen LogP) is 2.02. The number of hydrogen-bond acceptors (Lipinski definition) is 3. The SMILES string of the molecule is Cc1ccc(C(=O)NC(C(=O)NC2CC2)C2CCN(C(=O)C3CC3)CC2)cc1. The van der Waals surface area contributed by atoms with Crippen LogP contribution in [-0.4, -0.2) is 47.8 Å². The van der Waals surface area contributed by atoms with Gasteiger partial charge in [-0.3, -0.25) is 14.4 Å². The van der Waals surface area contributed by atoms with Gasteiger partial charge in [0.05, 0.1) is 0 Å². The zero-order valence-electron chi connectivity index (χ0n) is 16.4. The van der Waals surface area contributed by atoms with E-state index in [4.69, 9.17) is 0 Å². The van der Waals surface area contributed by atoms with Crippen molar-refractivity contribution in [2.75, 3.05) is 13.1 Å². The summed E-state index contributed by atoms with van der Waals surface area (Å²) in [4.78, 5) is 39.8. The Morgan fingerprint density at radius 2 is 1.61 bits per heavy atom. The molecule has 1 aromatic rings. The lowest BCUT2D eigenvalue weighted by molar-refractivity contribution is -0.134. The molecule has 28 heavy (non-hydrogen) atoms. The van der Waals surface area contributed by atoms with Crippen LogP contribution in [0.15, 0.2) is 24.3 Å². The molecule has 150 valence electrons. The van der Waals surface area contributed by atoms with Crippen LogP contribution in [0.5, 0.6) is 0 Å². The number of nitrogens with zero attached hydrogens (tertiary/aromatic N) is 1. The first-order valence-electron chi connectivity index (χ1n) is 10.5. The topological polar surface area (TPSA) is 78.5 Å². The summed E-state index contributed by atoms with van der Waals surface area (Å²) in [6, 6.07) is 7.08. The molecule has 3 amide bonds. The van der Waals surface area contributed by atoms with Gasteiger partial charge in [0.1, 0.15) is 6.04 Å². The normalized spacial score (nSPS) is 21.1. The van der Waals surface area contributed by atoms with Gasteiger partial charge in [0.15, 0.2) is 0 Å². The number of amides is 3. The summed E-state index contributed by atoms with van der Waals surface area (Å²) in [5.74, 6) is 0.242. The molecule has 1 unspecified atom stereocenters. The molecule has 0 spiro atoms. The highest BCUT2D eigenvalue weighted by molar-refractivity contribution is 5.97. The molecular weight excluding hydrogens is 354 g/mol. The minimum absolute atomic E-state index is 0.0522. The highest BCUT2D eigenvalue weighted by atomic mass is 16.2. The number of carbonyl (C=O) groups excluding carboxylic acids is 3. The monoisotopic (exact) mass is 383 g/mol. The Hall–Kier alpha value is -2.37. The number of carbonyl (C=O) groups is 3. The molecule has 6 nitrogen and oxygen atoms in total. The molecule has 3 fully saturated rings. The van der Waals surface area contributed by atoms with E-state index in [1.165, 1.54) is 0 Å². The average Bonchev–Trinajstić information content (AvgIpc) is 3.60. The maximum atomic E-state index is 12.8. The van der Waals surface area contributed by atoms with Crippen LogP contribution in [0.1, 0.15) is 54.4 Å². The Balaban J connectivity index is 1.41. The molecule has 0 radical (unpaired) electrons. The van der Waals surface area contributed by atoms with Crippen molar-refractivity contribution in [2.45, 2.75) is 57.5 Å². The quantitative estimate of drug-likeness (QED) is 0.789. The van der Waals surface area contributed by atoms with Crippen molar-refractivity contribution in [3.05, 3.63) is 35.4 Å². The summed E-state index contributed by atoms with van der Waals surface area (Å²) in [6.45, 7) is 3.32. The highest BCUT2D eigenvalue weighted by Crippen LogP contribution is 2.33. The van der Waals surface area contributed by atoms with Gasteiger partial charge in [-0.15, -0.1) is 0 Å². The number of benzene rings is 1. The number of piperidine rings is 1. The van der Waals surface area contributed by atoms with Crippen molar-refractivity contribution in [1.82, 2.24) is 15.5 Å². The lowest BCUT2D eigenvalue weighted by Crippen LogP contribution is -2.54. The van der Waals surface area contributed by atoms with Crippen molar-refractivity contribution in [1.29, 1.82) is 0 Å². The molecule has 0 bridgehead atoms. The number of likely N-dealkylation sites (tertiary alicyclic amines) is 1. The summed E-state index contributed by atoms with van der Waals surface area (Å²) < 4.78 is 0. The van der Waals surface area contributed by atoms with E-state index in [2.05, 4.69) is 10.6 Å². The van der Waals surface area contributed by atoms with E-state index in [1.54, 1.807) is 12.1 Å². The van der Waals surface area contributed by atoms with Crippen LogP contribution < -0.4 is 10.6 Å². The van der Waals surface area contributed by atoms with Crippen LogP contribution in [0.25, 0.3) is 0 Å². The van der Waals surface area contributed by atoms with E-state index in [1.807, 2.05) is 24.0 Å². The zero-order valence-corrected chi connectivity index (χ0v) is 16.4. The molecule has 4 rings (SSSR count). The summed E-state index contributed by atoms with van der Waals surface area (Å²) in [5.41, 5.74) is 1.66. The highest BCUT2D eigenvalue weighted by Gasteiger charge is 2.39. The summed E-state index contributed by atoms with van der Waals surface area (Å²) in [6.07, 6.45) is 5.54. The molecule has 1 aromatic carbocycles. The van der Waals surface area contributed by atoms with Gasteiger partial charge in [-0.1, -0.05) is 17.7 Å². The van der Waals surface area contributed by atoms with Crippen LogP contribution >= 0.6 is 0 Å². The predicted molar refractivity (Wildman–Crippen MR) is 106 cm³/mol. The van der Waals surface area contributed by atoms with E-state index in [9.17, 15) is 14.4 Å². The second kappa shape index (κ2) is 7.94. The Kier molecular flexibility index (Phi) is 5.38. The van der Waals surface area contributed by atoms with E-state index in [-0.39, 0.29) is 35.6 Å². The first kappa shape index (κ1) is 19.0. The number of rotatable bonds is 6. The van der Waals surface area contributed by atoms with E-state index < -0.39 is 6.04 Å². The molecule has 3 aliphatic rings. The first-order chi connectivity index (χ1) is 13.5. The second-order valence-electron chi connectivity index (χ2n) is 8.54. The zero-order chi connectivity index (χ0) is 19.7. The molecule has 1 aliphatic heterocycles. The molecule has 1 heterocycles. The molecule has 2 N–H and O–H groups in total. The minimum Gasteiger partial charge on any atom is -0.352 e. The largest absolute Gasteiger partial charge is 0.352 e. The third kappa shape index (κ3) is 4.54. The maximum absolute atomic E-state index is 12.8. The third-order valence-corrected chi connectivity index (χ3v) is 6.06. The van der Waals surface area contributed by atoms with Crippen LogP contribution in [0, 0.1) is 18.8 Å². The van der Waals surface area contributed by atoms with Crippen LogP contribution in [0.3, 0.4) is 0 Å². The lowest BCUT2D eigenvalue weighted by Gasteiger charge is -2.36. The molecular formula is C22H29N3O3. The van der Waals surface area contributed by atoms with Gasteiger partial charge in [-0.2, -0.15) is 0 Å². The standard InChI is InChI=1S/C22H29N3O3/c1-14-2-4-16(5-3-14)20(26)24-19(21(27)23-18-8-9-18)15-10-12-25(13-11-15)22(28)17-6-7-17/h2-5,15,17-19H,6-13H2,1H3,(H,23,27)(H,24,26).